The maximum absolute atomic E-state index is 12.9. The van der Waals surface area contributed by atoms with E-state index in [1.807, 2.05) is 54.6 Å². The molecule has 0 saturated heterocycles. The minimum Gasteiger partial charge on any atom is -0.489 e. The van der Waals surface area contributed by atoms with E-state index in [-0.39, 0.29) is 24.8 Å². The highest BCUT2D eigenvalue weighted by molar-refractivity contribution is 5.99. The summed E-state index contributed by atoms with van der Waals surface area (Å²) < 4.78 is 16.4. The first kappa shape index (κ1) is 20.2. The molecule has 1 N–H and O–H groups in total. The van der Waals surface area contributed by atoms with Gasteiger partial charge in [-0.05, 0) is 35.9 Å². The Hall–Kier alpha value is -4.06. The first-order valence-electron chi connectivity index (χ1n) is 9.79. The summed E-state index contributed by atoms with van der Waals surface area (Å²) in [6.07, 6.45) is 0. The number of nitrogens with one attached hydrogen (secondary N) is 1. The van der Waals surface area contributed by atoms with Gasteiger partial charge in [0.1, 0.15) is 17.9 Å². The van der Waals surface area contributed by atoms with Crippen molar-refractivity contribution < 1.29 is 23.5 Å². The average Bonchev–Trinajstić information content (AvgIpc) is 3.20. The van der Waals surface area contributed by atoms with E-state index >= 15 is 0 Å². The molecule has 0 aliphatic carbocycles. The number of benzene rings is 3. The molecule has 4 aromatic rings. The van der Waals surface area contributed by atoms with Crippen molar-refractivity contribution in [3.05, 3.63) is 101 Å². The molecule has 0 saturated carbocycles. The summed E-state index contributed by atoms with van der Waals surface area (Å²) in [5.41, 5.74) is 2.62. The number of amides is 1. The van der Waals surface area contributed by atoms with E-state index in [4.69, 9.17) is 13.9 Å². The lowest BCUT2D eigenvalue weighted by atomic mass is 10.1. The highest BCUT2D eigenvalue weighted by Crippen LogP contribution is 2.27. The molecule has 1 heterocycles. The fourth-order valence-electron chi connectivity index (χ4n) is 3.24. The van der Waals surface area contributed by atoms with Crippen molar-refractivity contribution in [3.63, 3.8) is 0 Å². The summed E-state index contributed by atoms with van der Waals surface area (Å²) >= 11 is 0. The lowest BCUT2D eigenvalue weighted by Gasteiger charge is -2.08. The fourth-order valence-corrected chi connectivity index (χ4v) is 3.24. The normalized spacial score (nSPS) is 10.6. The molecule has 6 heteroatoms. The van der Waals surface area contributed by atoms with E-state index in [0.29, 0.717) is 22.5 Å². The second-order valence-electron chi connectivity index (χ2n) is 6.88. The zero-order chi connectivity index (χ0) is 21.6. The van der Waals surface area contributed by atoms with Crippen LogP contribution in [0.1, 0.15) is 32.0 Å². The number of ether oxygens (including phenoxy) is 2. The molecule has 6 nitrogen and oxygen atoms in total. The summed E-state index contributed by atoms with van der Waals surface area (Å²) in [6, 6.07) is 23.8. The first-order valence-corrected chi connectivity index (χ1v) is 9.79. The quantitative estimate of drug-likeness (QED) is 0.442. The van der Waals surface area contributed by atoms with E-state index in [1.54, 1.807) is 24.3 Å². The van der Waals surface area contributed by atoms with Gasteiger partial charge in [0.2, 0.25) is 0 Å². The van der Waals surface area contributed by atoms with Crippen LogP contribution < -0.4 is 10.1 Å². The largest absolute Gasteiger partial charge is 0.489 e. The van der Waals surface area contributed by atoms with Crippen molar-refractivity contribution >= 4 is 22.8 Å². The molecule has 4 rings (SSSR count). The topological polar surface area (TPSA) is 77.8 Å². The van der Waals surface area contributed by atoms with Gasteiger partial charge in [-0.1, -0.05) is 48.5 Å². The van der Waals surface area contributed by atoms with Crippen molar-refractivity contribution in [1.29, 1.82) is 0 Å². The number of fused-ring (bicyclic) bond motifs is 1. The summed E-state index contributed by atoms with van der Waals surface area (Å²) in [7, 11) is 1.34. The van der Waals surface area contributed by atoms with E-state index in [9.17, 15) is 9.59 Å². The Labute approximate surface area is 179 Å². The van der Waals surface area contributed by atoms with E-state index < -0.39 is 5.97 Å². The Kier molecular flexibility index (Phi) is 5.98. The predicted octanol–water partition coefficient (Wildman–Crippen LogP) is 4.73. The third kappa shape index (κ3) is 4.59. The molecule has 0 radical (unpaired) electrons. The van der Waals surface area contributed by atoms with Gasteiger partial charge in [0.25, 0.3) is 5.91 Å². The van der Waals surface area contributed by atoms with Crippen LogP contribution in [0.3, 0.4) is 0 Å². The van der Waals surface area contributed by atoms with Crippen molar-refractivity contribution in [2.45, 2.75) is 13.2 Å². The molecule has 0 aliphatic heterocycles. The number of para-hydroxylation sites is 2. The van der Waals surface area contributed by atoms with Gasteiger partial charge >= 0.3 is 5.97 Å². The molecule has 0 fully saturated rings. The highest BCUT2D eigenvalue weighted by atomic mass is 16.5. The second-order valence-corrected chi connectivity index (χ2v) is 6.88. The van der Waals surface area contributed by atoms with Gasteiger partial charge in [-0.3, -0.25) is 4.79 Å². The Morgan fingerprint density at radius 3 is 2.35 bits per heavy atom. The molecule has 0 bridgehead atoms. The van der Waals surface area contributed by atoms with Crippen LogP contribution in [0.2, 0.25) is 0 Å². The number of hydrogen-bond donors (Lipinski definition) is 1. The number of carbonyl (C=O) groups excluding carboxylic acids is 2. The van der Waals surface area contributed by atoms with Gasteiger partial charge < -0.3 is 19.2 Å². The minimum atomic E-state index is -0.402. The van der Waals surface area contributed by atoms with Gasteiger partial charge in [0, 0.05) is 17.5 Å². The van der Waals surface area contributed by atoms with Crippen molar-refractivity contribution in [2.75, 3.05) is 7.11 Å². The van der Waals surface area contributed by atoms with Crippen LogP contribution in [-0.2, 0) is 17.9 Å². The van der Waals surface area contributed by atoms with Gasteiger partial charge in [-0.15, -0.1) is 0 Å². The van der Waals surface area contributed by atoms with Crippen LogP contribution in [0.4, 0.5) is 0 Å². The Bertz CT molecular complexity index is 1200. The molecule has 0 unspecified atom stereocenters. The first-order chi connectivity index (χ1) is 15.2. The van der Waals surface area contributed by atoms with Crippen LogP contribution in [-0.4, -0.2) is 19.0 Å². The maximum atomic E-state index is 12.9. The average molecular weight is 415 g/mol. The Morgan fingerprint density at radius 1 is 0.903 bits per heavy atom. The maximum Gasteiger partial charge on any atom is 0.337 e. The van der Waals surface area contributed by atoms with E-state index in [1.165, 1.54) is 7.11 Å². The third-order valence-electron chi connectivity index (χ3n) is 4.86. The number of methoxy groups -OCH3 is 1. The van der Waals surface area contributed by atoms with Gasteiger partial charge in [0.15, 0.2) is 5.76 Å². The van der Waals surface area contributed by atoms with Crippen molar-refractivity contribution in [3.8, 4) is 5.75 Å². The van der Waals surface area contributed by atoms with Crippen LogP contribution in [0.15, 0.2) is 83.3 Å². The molecule has 0 atom stereocenters. The molecule has 1 amide bonds. The SMILES string of the molecule is COC(=O)c1ccc(CNC(=O)c2oc3ccccc3c2COc2ccccc2)cc1. The zero-order valence-electron chi connectivity index (χ0n) is 17.0. The van der Waals surface area contributed by atoms with Crippen molar-refractivity contribution in [1.82, 2.24) is 5.32 Å². The number of esters is 1. The fraction of sp³-hybridized carbons (Fsp3) is 0.120. The number of rotatable bonds is 7. The third-order valence-corrected chi connectivity index (χ3v) is 4.86. The monoisotopic (exact) mass is 415 g/mol. The van der Waals surface area contributed by atoms with Gasteiger partial charge in [-0.25, -0.2) is 4.79 Å². The zero-order valence-corrected chi connectivity index (χ0v) is 17.0. The Morgan fingerprint density at radius 2 is 1.61 bits per heavy atom. The van der Waals surface area contributed by atoms with Crippen LogP contribution in [0.5, 0.6) is 5.75 Å². The standard InChI is InChI=1S/C25H21NO5/c1-29-25(28)18-13-11-17(12-14-18)15-26-24(27)23-21(16-30-19-7-3-2-4-8-19)20-9-5-6-10-22(20)31-23/h2-14H,15-16H2,1H3,(H,26,27). The molecule has 1 aromatic heterocycles. The molecule has 156 valence electrons. The van der Waals surface area contributed by atoms with Crippen LogP contribution >= 0.6 is 0 Å². The molecule has 0 aliphatic rings. The second kappa shape index (κ2) is 9.17. The molecule has 31 heavy (non-hydrogen) atoms. The van der Waals surface area contributed by atoms with Gasteiger partial charge in [0.05, 0.1) is 12.7 Å². The summed E-state index contributed by atoms with van der Waals surface area (Å²) in [4.78, 5) is 24.5. The summed E-state index contributed by atoms with van der Waals surface area (Å²) in [6.45, 7) is 0.494. The van der Waals surface area contributed by atoms with Crippen LogP contribution in [0, 0.1) is 0 Å². The van der Waals surface area contributed by atoms with Crippen LogP contribution in [0.25, 0.3) is 11.0 Å². The minimum absolute atomic E-state index is 0.206. The summed E-state index contributed by atoms with van der Waals surface area (Å²) in [5.74, 6) is 0.203. The number of hydrogen-bond acceptors (Lipinski definition) is 5. The lowest BCUT2D eigenvalue weighted by Crippen LogP contribution is -2.23. The number of furan rings is 1. The van der Waals surface area contributed by atoms with E-state index in [2.05, 4.69) is 5.32 Å². The summed E-state index contributed by atoms with van der Waals surface area (Å²) in [5, 5.41) is 3.71. The number of carbonyl (C=O) groups is 2. The predicted molar refractivity (Wildman–Crippen MR) is 116 cm³/mol. The Balaban J connectivity index is 1.51. The van der Waals surface area contributed by atoms with Crippen molar-refractivity contribution in [2.24, 2.45) is 0 Å². The smallest absolute Gasteiger partial charge is 0.337 e. The van der Waals surface area contributed by atoms with E-state index in [0.717, 1.165) is 10.9 Å². The molecule has 3 aromatic carbocycles. The molecular weight excluding hydrogens is 394 g/mol. The van der Waals surface area contributed by atoms with Gasteiger partial charge in [-0.2, -0.15) is 0 Å². The molecular formula is C25H21NO5. The highest BCUT2D eigenvalue weighted by Gasteiger charge is 2.21. The molecule has 0 spiro atoms. The lowest BCUT2D eigenvalue weighted by molar-refractivity contribution is 0.0600.